The Morgan fingerprint density at radius 3 is 2.92 bits per heavy atom. The Hall–Kier alpha value is 0.0600. The lowest BCUT2D eigenvalue weighted by molar-refractivity contribution is -0.115. The van der Waals surface area contributed by atoms with E-state index in [-0.39, 0.29) is 5.78 Å². The van der Waals surface area contributed by atoms with E-state index < -0.39 is 0 Å². The maximum Gasteiger partial charge on any atom is 0.168 e. The van der Waals surface area contributed by atoms with E-state index in [0.29, 0.717) is 19.8 Å². The van der Waals surface area contributed by atoms with Crippen LogP contribution in [-0.2, 0) is 14.3 Å². The SMILES string of the molecule is COCOCC1=C(I)C(=O)CCC1. The lowest BCUT2D eigenvalue weighted by atomic mass is 9.99. The Balaban J connectivity index is 2.46. The van der Waals surface area contributed by atoms with Crippen molar-refractivity contribution in [3.8, 4) is 0 Å². The zero-order valence-corrected chi connectivity index (χ0v) is 9.80. The molecule has 1 aliphatic carbocycles. The highest BCUT2D eigenvalue weighted by Gasteiger charge is 2.17. The second-order valence-corrected chi connectivity index (χ2v) is 4.03. The fourth-order valence-electron chi connectivity index (χ4n) is 1.26. The van der Waals surface area contributed by atoms with Crippen LogP contribution in [0.2, 0.25) is 0 Å². The van der Waals surface area contributed by atoms with Gasteiger partial charge in [0.15, 0.2) is 5.78 Å². The van der Waals surface area contributed by atoms with Crippen molar-refractivity contribution < 1.29 is 14.3 Å². The largest absolute Gasteiger partial charge is 0.359 e. The topological polar surface area (TPSA) is 35.5 Å². The van der Waals surface area contributed by atoms with Crippen LogP contribution in [0.1, 0.15) is 19.3 Å². The monoisotopic (exact) mass is 296 g/mol. The molecule has 0 aromatic rings. The minimum absolute atomic E-state index is 0.253. The second-order valence-electron chi connectivity index (χ2n) is 2.95. The fourth-order valence-corrected chi connectivity index (χ4v) is 1.96. The molecule has 4 heteroatoms. The van der Waals surface area contributed by atoms with Crippen LogP contribution in [0.15, 0.2) is 9.15 Å². The average molecular weight is 296 g/mol. The molecule has 0 saturated heterocycles. The predicted molar refractivity (Wildman–Crippen MR) is 57.7 cm³/mol. The molecule has 0 atom stereocenters. The number of ether oxygens (including phenoxy) is 2. The van der Waals surface area contributed by atoms with Crippen LogP contribution < -0.4 is 0 Å². The number of allylic oxidation sites excluding steroid dienone is 1. The number of carbonyl (C=O) groups excluding carboxylic acids is 1. The van der Waals surface area contributed by atoms with Gasteiger partial charge in [0.1, 0.15) is 6.79 Å². The number of rotatable bonds is 4. The Bertz CT molecular complexity index is 223. The number of hydrogen-bond donors (Lipinski definition) is 0. The van der Waals surface area contributed by atoms with Gasteiger partial charge >= 0.3 is 0 Å². The molecule has 3 nitrogen and oxygen atoms in total. The summed E-state index contributed by atoms with van der Waals surface area (Å²) in [6.07, 6.45) is 2.62. The Labute approximate surface area is 91.6 Å². The molecule has 0 spiro atoms. The van der Waals surface area contributed by atoms with Crippen LogP contribution in [0, 0.1) is 0 Å². The summed E-state index contributed by atoms with van der Waals surface area (Å²) in [4.78, 5) is 11.3. The van der Waals surface area contributed by atoms with Crippen LogP contribution >= 0.6 is 22.6 Å². The normalized spacial score (nSPS) is 18.2. The van der Waals surface area contributed by atoms with Crippen molar-refractivity contribution in [2.24, 2.45) is 0 Å². The number of hydrogen-bond acceptors (Lipinski definition) is 3. The molecule has 0 saturated carbocycles. The maximum absolute atomic E-state index is 11.3. The Morgan fingerprint density at radius 1 is 1.46 bits per heavy atom. The summed E-state index contributed by atoms with van der Waals surface area (Å²) in [5.74, 6) is 0.253. The first kappa shape index (κ1) is 11.1. The van der Waals surface area contributed by atoms with Crippen molar-refractivity contribution in [2.45, 2.75) is 19.3 Å². The van der Waals surface area contributed by atoms with Crippen molar-refractivity contribution in [2.75, 3.05) is 20.5 Å². The third kappa shape index (κ3) is 3.36. The van der Waals surface area contributed by atoms with E-state index >= 15 is 0 Å². The standard InChI is InChI=1S/C9H13IO3/c1-12-6-13-5-7-3-2-4-8(11)9(7)10/h2-6H2,1H3. The summed E-state index contributed by atoms with van der Waals surface area (Å²) >= 11 is 2.11. The van der Waals surface area contributed by atoms with Gasteiger partial charge in [-0.15, -0.1) is 0 Å². The molecule has 0 bridgehead atoms. The van der Waals surface area contributed by atoms with Gasteiger partial charge in [-0.3, -0.25) is 4.79 Å². The van der Waals surface area contributed by atoms with E-state index in [9.17, 15) is 4.79 Å². The Morgan fingerprint density at radius 2 is 2.23 bits per heavy atom. The van der Waals surface area contributed by atoms with Gasteiger partial charge in [-0.05, 0) is 41.0 Å². The molecule has 0 amide bonds. The second kappa shape index (κ2) is 5.72. The molecule has 0 heterocycles. The highest BCUT2D eigenvalue weighted by Crippen LogP contribution is 2.26. The molecule has 13 heavy (non-hydrogen) atoms. The van der Waals surface area contributed by atoms with Crippen molar-refractivity contribution >= 4 is 28.4 Å². The highest BCUT2D eigenvalue weighted by atomic mass is 127. The first-order chi connectivity index (χ1) is 6.25. The molecule has 74 valence electrons. The van der Waals surface area contributed by atoms with Crippen molar-refractivity contribution in [3.05, 3.63) is 9.15 Å². The van der Waals surface area contributed by atoms with E-state index in [0.717, 1.165) is 22.0 Å². The highest BCUT2D eigenvalue weighted by molar-refractivity contribution is 14.1. The molecular formula is C9H13IO3. The molecule has 1 rings (SSSR count). The molecule has 0 aromatic heterocycles. The van der Waals surface area contributed by atoms with Gasteiger partial charge < -0.3 is 9.47 Å². The van der Waals surface area contributed by atoms with Gasteiger partial charge in [-0.2, -0.15) is 0 Å². The molecule has 0 fully saturated rings. The van der Waals surface area contributed by atoms with Crippen LogP contribution in [-0.4, -0.2) is 26.3 Å². The van der Waals surface area contributed by atoms with Gasteiger partial charge in [0, 0.05) is 13.5 Å². The predicted octanol–water partition coefficient (Wildman–Crippen LogP) is 2.05. The van der Waals surface area contributed by atoms with E-state index in [4.69, 9.17) is 9.47 Å². The van der Waals surface area contributed by atoms with E-state index in [1.807, 2.05) is 0 Å². The summed E-state index contributed by atoms with van der Waals surface area (Å²) in [5.41, 5.74) is 1.12. The lowest BCUT2D eigenvalue weighted by Gasteiger charge is -2.15. The number of halogens is 1. The average Bonchev–Trinajstić information content (AvgIpc) is 2.13. The third-order valence-corrected chi connectivity index (χ3v) is 3.28. The van der Waals surface area contributed by atoms with Gasteiger partial charge in [0.2, 0.25) is 0 Å². The summed E-state index contributed by atoms with van der Waals surface area (Å²) < 4.78 is 10.8. The van der Waals surface area contributed by atoms with Gasteiger partial charge in [0.25, 0.3) is 0 Å². The minimum atomic E-state index is 0.253. The quantitative estimate of drug-likeness (QED) is 0.452. The molecular weight excluding hydrogens is 283 g/mol. The number of Topliss-reactive ketones (excluding diaryl/α,β-unsaturated/α-hetero) is 1. The number of methoxy groups -OCH3 is 1. The van der Waals surface area contributed by atoms with Gasteiger partial charge in [-0.1, -0.05) is 0 Å². The van der Waals surface area contributed by atoms with Crippen LogP contribution in [0.5, 0.6) is 0 Å². The Kier molecular flexibility index (Phi) is 4.90. The summed E-state index contributed by atoms with van der Waals surface area (Å²) in [6, 6.07) is 0. The van der Waals surface area contributed by atoms with Crippen molar-refractivity contribution in [1.82, 2.24) is 0 Å². The smallest absolute Gasteiger partial charge is 0.168 e. The zero-order chi connectivity index (χ0) is 9.68. The van der Waals surface area contributed by atoms with Crippen molar-refractivity contribution in [3.63, 3.8) is 0 Å². The minimum Gasteiger partial charge on any atom is -0.359 e. The van der Waals surface area contributed by atoms with Crippen LogP contribution in [0.25, 0.3) is 0 Å². The third-order valence-electron chi connectivity index (χ3n) is 1.92. The summed E-state index contributed by atoms with van der Waals surface area (Å²) in [5, 5.41) is 0. The van der Waals surface area contributed by atoms with Crippen LogP contribution in [0.3, 0.4) is 0 Å². The molecule has 1 aliphatic rings. The summed E-state index contributed by atoms with van der Waals surface area (Å²) in [6.45, 7) is 0.819. The molecule has 0 aromatic carbocycles. The van der Waals surface area contributed by atoms with Gasteiger partial charge in [-0.25, -0.2) is 0 Å². The maximum atomic E-state index is 11.3. The van der Waals surface area contributed by atoms with E-state index in [2.05, 4.69) is 22.6 Å². The first-order valence-electron chi connectivity index (χ1n) is 4.23. The van der Waals surface area contributed by atoms with E-state index in [1.165, 1.54) is 0 Å². The first-order valence-corrected chi connectivity index (χ1v) is 5.31. The number of carbonyl (C=O) groups is 1. The molecule has 0 N–H and O–H groups in total. The zero-order valence-electron chi connectivity index (χ0n) is 7.64. The van der Waals surface area contributed by atoms with Gasteiger partial charge in [0.05, 0.1) is 10.2 Å². The molecule has 0 aliphatic heterocycles. The molecule has 0 radical (unpaired) electrons. The lowest BCUT2D eigenvalue weighted by Crippen LogP contribution is -2.12. The summed E-state index contributed by atoms with van der Waals surface area (Å²) in [7, 11) is 1.59. The van der Waals surface area contributed by atoms with Crippen LogP contribution in [0.4, 0.5) is 0 Å². The van der Waals surface area contributed by atoms with E-state index in [1.54, 1.807) is 7.11 Å². The molecule has 0 unspecified atom stereocenters. The van der Waals surface area contributed by atoms with Crippen molar-refractivity contribution in [1.29, 1.82) is 0 Å². The number of ketones is 1. The fraction of sp³-hybridized carbons (Fsp3) is 0.667.